The minimum atomic E-state index is -5.44. The lowest BCUT2D eigenvalue weighted by atomic mass is 9.93. The predicted octanol–water partition coefficient (Wildman–Crippen LogP) is 4.42. The molecule has 0 heterocycles. The first-order valence-corrected chi connectivity index (χ1v) is 5.51. The number of hydrogen-bond donors (Lipinski definition) is 0. The van der Waals surface area contributed by atoms with Crippen LogP contribution < -0.4 is 0 Å². The largest absolute Gasteiger partial charge is 0.453 e. The highest BCUT2D eigenvalue weighted by Gasteiger charge is 2.62. The van der Waals surface area contributed by atoms with Crippen LogP contribution in [0.2, 0.25) is 0 Å². The third-order valence-corrected chi connectivity index (χ3v) is 3.86. The molecule has 0 aromatic carbocycles. The van der Waals surface area contributed by atoms with Crippen molar-refractivity contribution in [3.8, 4) is 0 Å². The summed E-state index contributed by atoms with van der Waals surface area (Å²) in [5.74, 6) is -6.21. The summed E-state index contributed by atoms with van der Waals surface area (Å²) in [4.78, 5) is 0. The van der Waals surface area contributed by atoms with Crippen LogP contribution in [-0.2, 0) is 0 Å². The standard InChI is InChI=1S/C8H12F5I/c1-3-5(6(14)4-2)7(9,10)8(11,12)13/h5-6H,3-4H2,1-2H3. The van der Waals surface area contributed by atoms with Gasteiger partial charge in [-0.3, -0.25) is 0 Å². The molecular formula is C8H12F5I. The maximum absolute atomic E-state index is 12.9. The van der Waals surface area contributed by atoms with Crippen LogP contribution in [0.15, 0.2) is 0 Å². The molecule has 0 aliphatic heterocycles. The number of alkyl halides is 6. The van der Waals surface area contributed by atoms with E-state index >= 15 is 0 Å². The Balaban J connectivity index is 4.83. The topological polar surface area (TPSA) is 0 Å². The summed E-state index contributed by atoms with van der Waals surface area (Å²) in [7, 11) is 0. The molecule has 0 aliphatic carbocycles. The summed E-state index contributed by atoms with van der Waals surface area (Å²) < 4.78 is 61.2. The second kappa shape index (κ2) is 4.94. The molecule has 0 amide bonds. The van der Waals surface area contributed by atoms with Gasteiger partial charge >= 0.3 is 12.1 Å². The molecule has 0 radical (unpaired) electrons. The second-order valence-corrected chi connectivity index (χ2v) is 4.66. The first kappa shape index (κ1) is 14.4. The molecule has 0 bridgehead atoms. The fraction of sp³-hybridized carbons (Fsp3) is 1.00. The summed E-state index contributed by atoms with van der Waals surface area (Å²) in [5, 5.41) is 0. The molecule has 0 aliphatic rings. The van der Waals surface area contributed by atoms with E-state index in [1.165, 1.54) is 6.92 Å². The van der Waals surface area contributed by atoms with Crippen molar-refractivity contribution >= 4 is 22.6 Å². The van der Waals surface area contributed by atoms with Crippen LogP contribution in [0.3, 0.4) is 0 Å². The highest BCUT2D eigenvalue weighted by atomic mass is 127. The highest BCUT2D eigenvalue weighted by molar-refractivity contribution is 14.1. The molecule has 6 heteroatoms. The van der Waals surface area contributed by atoms with Crippen LogP contribution in [0.5, 0.6) is 0 Å². The van der Waals surface area contributed by atoms with Crippen LogP contribution in [-0.4, -0.2) is 16.0 Å². The van der Waals surface area contributed by atoms with E-state index in [9.17, 15) is 22.0 Å². The minimum Gasteiger partial charge on any atom is -0.196 e. The van der Waals surface area contributed by atoms with Crippen molar-refractivity contribution in [2.24, 2.45) is 5.92 Å². The van der Waals surface area contributed by atoms with E-state index in [0.717, 1.165) is 0 Å². The van der Waals surface area contributed by atoms with Gasteiger partial charge in [-0.2, -0.15) is 22.0 Å². The maximum atomic E-state index is 12.9. The first-order chi connectivity index (χ1) is 6.18. The lowest BCUT2D eigenvalue weighted by molar-refractivity contribution is -0.302. The Morgan fingerprint density at radius 1 is 1.00 bits per heavy atom. The van der Waals surface area contributed by atoms with Crippen molar-refractivity contribution in [2.75, 3.05) is 0 Å². The fourth-order valence-corrected chi connectivity index (χ4v) is 2.19. The van der Waals surface area contributed by atoms with Gasteiger partial charge < -0.3 is 0 Å². The molecule has 0 saturated carbocycles. The highest BCUT2D eigenvalue weighted by Crippen LogP contribution is 2.45. The van der Waals surface area contributed by atoms with E-state index in [-0.39, 0.29) is 6.42 Å². The third-order valence-electron chi connectivity index (χ3n) is 2.11. The Hall–Kier alpha value is 0.380. The van der Waals surface area contributed by atoms with E-state index < -0.39 is 21.9 Å². The molecule has 14 heavy (non-hydrogen) atoms. The second-order valence-electron chi connectivity index (χ2n) is 3.06. The minimum absolute atomic E-state index is 0.173. The molecule has 0 spiro atoms. The number of halogens is 6. The van der Waals surface area contributed by atoms with E-state index in [0.29, 0.717) is 6.42 Å². The molecule has 0 rings (SSSR count). The monoisotopic (exact) mass is 330 g/mol. The van der Waals surface area contributed by atoms with Crippen molar-refractivity contribution in [3.05, 3.63) is 0 Å². The van der Waals surface area contributed by atoms with E-state index in [1.807, 2.05) is 0 Å². The van der Waals surface area contributed by atoms with Gasteiger partial charge in [0, 0.05) is 9.84 Å². The Morgan fingerprint density at radius 3 is 1.64 bits per heavy atom. The molecule has 86 valence electrons. The molecule has 0 saturated heterocycles. The zero-order chi connectivity index (χ0) is 11.6. The average molecular weight is 330 g/mol. The van der Waals surface area contributed by atoms with Gasteiger partial charge in [0.2, 0.25) is 0 Å². The lowest BCUT2D eigenvalue weighted by Gasteiger charge is -2.30. The van der Waals surface area contributed by atoms with Crippen molar-refractivity contribution in [3.63, 3.8) is 0 Å². The summed E-state index contributed by atoms with van der Waals surface area (Å²) >= 11 is 1.65. The maximum Gasteiger partial charge on any atom is 0.453 e. The van der Waals surface area contributed by atoms with Crippen LogP contribution >= 0.6 is 22.6 Å². The average Bonchev–Trinajstić information content (AvgIpc) is 2.02. The summed E-state index contributed by atoms with van der Waals surface area (Å²) in [6, 6.07) is 0. The summed E-state index contributed by atoms with van der Waals surface area (Å²) in [6.07, 6.45) is -5.30. The van der Waals surface area contributed by atoms with Gasteiger partial charge in [0.1, 0.15) is 0 Å². The van der Waals surface area contributed by atoms with Gasteiger partial charge in [-0.15, -0.1) is 0 Å². The number of hydrogen-bond acceptors (Lipinski definition) is 0. The summed E-state index contributed by atoms with van der Waals surface area (Å²) in [6.45, 7) is 2.96. The molecule has 0 fully saturated rings. The molecular weight excluding hydrogens is 318 g/mol. The Labute approximate surface area is 93.4 Å². The summed E-state index contributed by atoms with van der Waals surface area (Å²) in [5.41, 5.74) is 0. The van der Waals surface area contributed by atoms with Crippen molar-refractivity contribution in [2.45, 2.75) is 42.7 Å². The van der Waals surface area contributed by atoms with Crippen molar-refractivity contribution in [1.29, 1.82) is 0 Å². The van der Waals surface area contributed by atoms with Gasteiger partial charge in [0.05, 0.1) is 0 Å². The Kier molecular flexibility index (Phi) is 5.07. The quantitative estimate of drug-likeness (QED) is 0.407. The van der Waals surface area contributed by atoms with Gasteiger partial charge in [0.25, 0.3) is 0 Å². The normalized spacial score (nSPS) is 18.0. The van der Waals surface area contributed by atoms with Crippen LogP contribution in [0, 0.1) is 5.92 Å². The molecule has 2 atom stereocenters. The van der Waals surface area contributed by atoms with Gasteiger partial charge in [-0.25, -0.2) is 0 Å². The molecule has 0 aromatic heterocycles. The first-order valence-electron chi connectivity index (χ1n) is 4.27. The molecule has 2 unspecified atom stereocenters. The van der Waals surface area contributed by atoms with Gasteiger partial charge in [0.15, 0.2) is 0 Å². The predicted molar refractivity (Wildman–Crippen MR) is 52.9 cm³/mol. The van der Waals surface area contributed by atoms with Crippen LogP contribution in [0.4, 0.5) is 22.0 Å². The smallest absolute Gasteiger partial charge is 0.196 e. The molecule has 0 N–H and O–H groups in total. The SMILES string of the molecule is CCC(I)C(CC)C(F)(F)C(F)(F)F. The number of rotatable bonds is 4. The van der Waals surface area contributed by atoms with E-state index in [4.69, 9.17) is 0 Å². The lowest BCUT2D eigenvalue weighted by Crippen LogP contribution is -2.46. The molecule has 0 nitrogen and oxygen atoms in total. The third kappa shape index (κ3) is 2.93. The molecule has 0 aromatic rings. The van der Waals surface area contributed by atoms with Gasteiger partial charge in [-0.05, 0) is 12.8 Å². The zero-order valence-electron chi connectivity index (χ0n) is 7.84. The van der Waals surface area contributed by atoms with Crippen LogP contribution in [0.25, 0.3) is 0 Å². The zero-order valence-corrected chi connectivity index (χ0v) is 9.99. The van der Waals surface area contributed by atoms with Crippen molar-refractivity contribution in [1.82, 2.24) is 0 Å². The Morgan fingerprint density at radius 2 is 1.43 bits per heavy atom. The fourth-order valence-electron chi connectivity index (χ4n) is 1.23. The van der Waals surface area contributed by atoms with Gasteiger partial charge in [-0.1, -0.05) is 36.4 Å². The van der Waals surface area contributed by atoms with E-state index in [2.05, 4.69) is 0 Å². The van der Waals surface area contributed by atoms with E-state index in [1.54, 1.807) is 29.5 Å². The van der Waals surface area contributed by atoms with Crippen molar-refractivity contribution < 1.29 is 22.0 Å². The Bertz CT molecular complexity index is 177. The van der Waals surface area contributed by atoms with Crippen LogP contribution in [0.1, 0.15) is 26.7 Å².